The zero-order valence-electron chi connectivity index (χ0n) is 12.0. The highest BCUT2D eigenvalue weighted by atomic mass is 16.2. The van der Waals surface area contributed by atoms with Crippen LogP contribution in [0.1, 0.15) is 42.5 Å². The Balaban J connectivity index is 2.10. The maximum Gasteiger partial charge on any atom is 0.251 e. The molecule has 1 atom stereocenters. The predicted molar refractivity (Wildman–Crippen MR) is 79.8 cm³/mol. The summed E-state index contributed by atoms with van der Waals surface area (Å²) in [6.45, 7) is 3.40. The molecule has 1 heterocycles. The van der Waals surface area contributed by atoms with Crippen LogP contribution in [0, 0.1) is 0 Å². The van der Waals surface area contributed by atoms with Gasteiger partial charge in [0.15, 0.2) is 0 Å². The third-order valence-corrected chi connectivity index (χ3v) is 3.01. The minimum atomic E-state index is -0.203. The van der Waals surface area contributed by atoms with Crippen molar-refractivity contribution >= 4 is 17.5 Å². The summed E-state index contributed by atoms with van der Waals surface area (Å²) in [5.74, 6) is 0.351. The van der Waals surface area contributed by atoms with E-state index < -0.39 is 0 Å². The number of H-pyrrole nitrogens is 1. The zero-order valence-corrected chi connectivity index (χ0v) is 12.0. The summed E-state index contributed by atoms with van der Waals surface area (Å²) in [5, 5.41) is 5.58. The molecule has 21 heavy (non-hydrogen) atoms. The number of amides is 2. The first-order valence-electron chi connectivity index (χ1n) is 6.78. The molecule has 0 saturated heterocycles. The highest BCUT2D eigenvalue weighted by Gasteiger charge is 2.16. The molecule has 110 valence electrons. The van der Waals surface area contributed by atoms with Gasteiger partial charge in [0.1, 0.15) is 5.82 Å². The first-order chi connectivity index (χ1) is 10.1. The Hall–Kier alpha value is -2.63. The van der Waals surface area contributed by atoms with Crippen molar-refractivity contribution in [2.75, 3.05) is 5.32 Å². The number of nitrogens with zero attached hydrogens (tertiary/aromatic N) is 1. The minimum absolute atomic E-state index is 0.170. The molecule has 0 radical (unpaired) electrons. The van der Waals surface area contributed by atoms with Crippen LogP contribution < -0.4 is 10.6 Å². The summed E-state index contributed by atoms with van der Waals surface area (Å²) in [4.78, 5) is 30.5. The van der Waals surface area contributed by atoms with Crippen LogP contribution in [-0.2, 0) is 4.79 Å². The van der Waals surface area contributed by atoms with E-state index >= 15 is 0 Å². The van der Waals surface area contributed by atoms with Crippen molar-refractivity contribution in [2.24, 2.45) is 0 Å². The number of benzene rings is 1. The zero-order chi connectivity index (χ0) is 15.2. The average Bonchev–Trinajstić information content (AvgIpc) is 2.98. The third-order valence-electron chi connectivity index (χ3n) is 3.01. The normalized spacial score (nSPS) is 11.7. The molecule has 1 aromatic carbocycles. The van der Waals surface area contributed by atoms with Crippen molar-refractivity contribution in [1.82, 2.24) is 15.3 Å². The van der Waals surface area contributed by atoms with E-state index in [4.69, 9.17) is 0 Å². The quantitative estimate of drug-likeness (QED) is 0.787. The number of aromatic amines is 1. The second-order valence-electron chi connectivity index (χ2n) is 4.67. The summed E-state index contributed by atoms with van der Waals surface area (Å²) >= 11 is 0. The first-order valence-corrected chi connectivity index (χ1v) is 6.78. The molecule has 0 bridgehead atoms. The van der Waals surface area contributed by atoms with E-state index in [1.165, 1.54) is 6.92 Å². The van der Waals surface area contributed by atoms with Crippen LogP contribution in [0.15, 0.2) is 36.7 Å². The molecule has 6 nitrogen and oxygen atoms in total. The lowest BCUT2D eigenvalue weighted by molar-refractivity contribution is -0.114. The third kappa shape index (κ3) is 3.92. The molecule has 2 aromatic rings. The molecule has 0 aliphatic carbocycles. The van der Waals surface area contributed by atoms with E-state index in [-0.39, 0.29) is 17.9 Å². The summed E-state index contributed by atoms with van der Waals surface area (Å²) in [6.07, 6.45) is 4.10. The number of hydrogen-bond acceptors (Lipinski definition) is 3. The van der Waals surface area contributed by atoms with Gasteiger partial charge in [-0.3, -0.25) is 9.59 Å². The van der Waals surface area contributed by atoms with E-state index in [1.807, 2.05) is 6.92 Å². The highest BCUT2D eigenvalue weighted by Crippen LogP contribution is 2.15. The van der Waals surface area contributed by atoms with Gasteiger partial charge < -0.3 is 15.6 Å². The number of anilines is 1. The SMILES string of the molecule is CCC(NC(=O)c1cccc(NC(C)=O)c1)c1ncc[nH]1. The van der Waals surface area contributed by atoms with Crippen LogP contribution in [0.5, 0.6) is 0 Å². The standard InChI is InChI=1S/C15H18N4O2/c1-3-13(14-16-7-8-17-14)19-15(21)11-5-4-6-12(9-11)18-10(2)20/h4-9,13H,3H2,1-2H3,(H,16,17)(H,18,20)(H,19,21). The summed E-state index contributed by atoms with van der Waals surface area (Å²) in [5.41, 5.74) is 1.09. The topological polar surface area (TPSA) is 86.9 Å². The van der Waals surface area contributed by atoms with Crippen LogP contribution in [0.25, 0.3) is 0 Å². The predicted octanol–water partition coefficient (Wildman–Crippen LogP) is 2.25. The van der Waals surface area contributed by atoms with Gasteiger partial charge in [0, 0.05) is 30.6 Å². The van der Waals surface area contributed by atoms with Crippen LogP contribution in [-0.4, -0.2) is 21.8 Å². The van der Waals surface area contributed by atoms with Crippen molar-refractivity contribution in [3.05, 3.63) is 48.0 Å². The van der Waals surface area contributed by atoms with Gasteiger partial charge in [-0.25, -0.2) is 4.98 Å². The fourth-order valence-corrected chi connectivity index (χ4v) is 2.01. The van der Waals surface area contributed by atoms with Gasteiger partial charge in [-0.05, 0) is 24.6 Å². The Morgan fingerprint density at radius 2 is 2.19 bits per heavy atom. The number of carbonyl (C=O) groups excluding carboxylic acids is 2. The second kappa shape index (κ2) is 6.69. The molecule has 0 spiro atoms. The fraction of sp³-hybridized carbons (Fsp3) is 0.267. The van der Waals surface area contributed by atoms with Crippen molar-refractivity contribution in [1.29, 1.82) is 0 Å². The lowest BCUT2D eigenvalue weighted by Crippen LogP contribution is -2.29. The van der Waals surface area contributed by atoms with Gasteiger partial charge in [0.2, 0.25) is 5.91 Å². The van der Waals surface area contributed by atoms with Crippen LogP contribution in [0.2, 0.25) is 0 Å². The van der Waals surface area contributed by atoms with Crippen molar-refractivity contribution in [3.8, 4) is 0 Å². The van der Waals surface area contributed by atoms with E-state index in [0.29, 0.717) is 11.3 Å². The summed E-state index contributed by atoms with van der Waals surface area (Å²) in [7, 11) is 0. The molecule has 0 saturated carbocycles. The Bertz CT molecular complexity index is 622. The first kappa shape index (κ1) is 14.8. The smallest absolute Gasteiger partial charge is 0.251 e. The molecule has 2 rings (SSSR count). The largest absolute Gasteiger partial charge is 0.347 e. The number of carbonyl (C=O) groups is 2. The molecule has 3 N–H and O–H groups in total. The van der Waals surface area contributed by atoms with Gasteiger partial charge >= 0.3 is 0 Å². The number of hydrogen-bond donors (Lipinski definition) is 3. The van der Waals surface area contributed by atoms with Gasteiger partial charge in [-0.1, -0.05) is 13.0 Å². The van der Waals surface area contributed by atoms with E-state index in [9.17, 15) is 9.59 Å². The van der Waals surface area contributed by atoms with E-state index in [2.05, 4.69) is 20.6 Å². The van der Waals surface area contributed by atoms with Crippen molar-refractivity contribution in [2.45, 2.75) is 26.3 Å². The molecular formula is C15H18N4O2. The highest BCUT2D eigenvalue weighted by molar-refractivity contribution is 5.96. The molecule has 2 amide bonds. The summed E-state index contributed by atoms with van der Waals surface area (Å²) < 4.78 is 0. The molecule has 1 unspecified atom stereocenters. The van der Waals surface area contributed by atoms with Gasteiger partial charge in [-0.15, -0.1) is 0 Å². The molecule has 0 aliphatic rings. The van der Waals surface area contributed by atoms with Gasteiger partial charge in [0.25, 0.3) is 5.91 Å². The lowest BCUT2D eigenvalue weighted by Gasteiger charge is -2.15. The minimum Gasteiger partial charge on any atom is -0.347 e. The van der Waals surface area contributed by atoms with Gasteiger partial charge in [0.05, 0.1) is 6.04 Å². The van der Waals surface area contributed by atoms with Crippen LogP contribution in [0.4, 0.5) is 5.69 Å². The van der Waals surface area contributed by atoms with Gasteiger partial charge in [-0.2, -0.15) is 0 Å². The fourth-order valence-electron chi connectivity index (χ4n) is 2.01. The number of aromatic nitrogens is 2. The monoisotopic (exact) mass is 286 g/mol. The molecule has 6 heteroatoms. The second-order valence-corrected chi connectivity index (χ2v) is 4.67. The average molecular weight is 286 g/mol. The molecule has 1 aromatic heterocycles. The molecule has 0 fully saturated rings. The lowest BCUT2D eigenvalue weighted by atomic mass is 10.1. The molecular weight excluding hydrogens is 268 g/mol. The molecule has 0 aliphatic heterocycles. The number of rotatable bonds is 5. The van der Waals surface area contributed by atoms with Crippen molar-refractivity contribution in [3.63, 3.8) is 0 Å². The number of imidazole rings is 1. The Morgan fingerprint density at radius 1 is 1.38 bits per heavy atom. The van der Waals surface area contributed by atoms with Crippen LogP contribution in [0.3, 0.4) is 0 Å². The maximum atomic E-state index is 12.3. The Kier molecular flexibility index (Phi) is 4.71. The van der Waals surface area contributed by atoms with E-state index in [0.717, 1.165) is 12.2 Å². The van der Waals surface area contributed by atoms with Crippen molar-refractivity contribution < 1.29 is 9.59 Å². The van der Waals surface area contributed by atoms with Crippen LogP contribution >= 0.6 is 0 Å². The maximum absolute atomic E-state index is 12.3. The Labute approximate surface area is 123 Å². The Morgan fingerprint density at radius 3 is 2.81 bits per heavy atom. The number of nitrogens with one attached hydrogen (secondary N) is 3. The van der Waals surface area contributed by atoms with E-state index in [1.54, 1.807) is 36.7 Å². The summed E-state index contributed by atoms with van der Waals surface area (Å²) in [6, 6.07) is 6.65.